The average molecular weight is 304 g/mol. The first-order valence-corrected chi connectivity index (χ1v) is 5.18. The van der Waals surface area contributed by atoms with Crippen molar-refractivity contribution in [3.05, 3.63) is 34.4 Å². The Bertz CT molecular complexity index is 492. The lowest BCUT2D eigenvalue weighted by atomic mass is 10.2. The van der Waals surface area contributed by atoms with Crippen LogP contribution in [-0.4, -0.2) is 29.8 Å². The van der Waals surface area contributed by atoms with Crippen LogP contribution < -0.4 is 5.32 Å². The third-order valence-electron chi connectivity index (χ3n) is 2.09. The normalized spacial score (nSPS) is 13.2. The van der Waals surface area contributed by atoms with Gasteiger partial charge in [-0.3, -0.25) is 4.79 Å². The number of nitrogens with one attached hydrogen (secondary N) is 1. The molecule has 0 radical (unpaired) electrons. The molecule has 1 atom stereocenters. The lowest BCUT2D eigenvalue weighted by Crippen LogP contribution is -2.40. The van der Waals surface area contributed by atoms with Gasteiger partial charge < -0.3 is 10.4 Å². The number of hydrogen-bond donors (Lipinski definition) is 2. The van der Waals surface area contributed by atoms with Crippen molar-refractivity contribution in [2.24, 2.45) is 0 Å². The van der Waals surface area contributed by atoms with E-state index in [1.165, 1.54) is 0 Å². The zero-order chi connectivity index (χ0) is 14.8. The maximum absolute atomic E-state index is 13.2. The molecule has 0 saturated carbocycles. The van der Waals surface area contributed by atoms with Crippen LogP contribution in [0.4, 0.5) is 22.0 Å². The molecule has 19 heavy (non-hydrogen) atoms. The Hall–Kier alpha value is -1.41. The van der Waals surface area contributed by atoms with Crippen LogP contribution >= 0.6 is 11.6 Å². The van der Waals surface area contributed by atoms with Crippen molar-refractivity contribution in [1.29, 1.82) is 0 Å². The number of hydrogen-bond acceptors (Lipinski definition) is 2. The van der Waals surface area contributed by atoms with E-state index in [2.05, 4.69) is 0 Å². The molecule has 0 spiro atoms. The Kier molecular flexibility index (Phi) is 4.70. The van der Waals surface area contributed by atoms with Gasteiger partial charge in [-0.25, -0.2) is 8.78 Å². The Morgan fingerprint density at radius 1 is 1.32 bits per heavy atom. The van der Waals surface area contributed by atoms with Crippen molar-refractivity contribution in [2.75, 3.05) is 6.54 Å². The molecule has 0 heterocycles. The largest absolute Gasteiger partial charge is 0.416 e. The molecule has 0 bridgehead atoms. The minimum absolute atomic E-state index is 0.451. The molecule has 0 aromatic heterocycles. The fraction of sp³-hybridized carbons (Fsp3) is 0.300. The number of rotatable bonds is 3. The first kappa shape index (κ1) is 15.6. The Morgan fingerprint density at radius 2 is 1.89 bits per heavy atom. The van der Waals surface area contributed by atoms with Gasteiger partial charge in [0.25, 0.3) is 5.91 Å². The second kappa shape index (κ2) is 5.70. The highest BCUT2D eigenvalue weighted by molar-refractivity contribution is 6.30. The number of halogens is 6. The van der Waals surface area contributed by atoms with Crippen molar-refractivity contribution in [3.8, 4) is 0 Å². The van der Waals surface area contributed by atoms with Crippen molar-refractivity contribution in [2.45, 2.75) is 12.3 Å². The first-order valence-electron chi connectivity index (χ1n) is 4.80. The van der Waals surface area contributed by atoms with E-state index in [1.54, 1.807) is 5.32 Å². The predicted molar refractivity (Wildman–Crippen MR) is 55.8 cm³/mol. The SMILES string of the molecule is O=C(NCC(O)C(F)(F)F)c1cc(F)c(Cl)cc1F. The molecule has 0 aliphatic carbocycles. The molecule has 106 valence electrons. The topological polar surface area (TPSA) is 49.3 Å². The molecule has 1 rings (SSSR count). The van der Waals surface area contributed by atoms with E-state index in [4.69, 9.17) is 16.7 Å². The smallest absolute Gasteiger partial charge is 0.382 e. The number of carbonyl (C=O) groups is 1. The second-order valence-corrected chi connectivity index (χ2v) is 3.92. The predicted octanol–water partition coefficient (Wildman–Crippen LogP) is 2.27. The van der Waals surface area contributed by atoms with Gasteiger partial charge in [-0.2, -0.15) is 13.2 Å². The second-order valence-electron chi connectivity index (χ2n) is 3.51. The highest BCUT2D eigenvalue weighted by Crippen LogP contribution is 2.21. The van der Waals surface area contributed by atoms with Crippen molar-refractivity contribution in [3.63, 3.8) is 0 Å². The van der Waals surface area contributed by atoms with Crippen LogP contribution in [0, 0.1) is 11.6 Å². The third kappa shape index (κ3) is 4.03. The van der Waals surface area contributed by atoms with Crippen LogP contribution in [0.15, 0.2) is 12.1 Å². The Balaban J connectivity index is 2.77. The van der Waals surface area contributed by atoms with Gasteiger partial charge in [-0.15, -0.1) is 0 Å². The van der Waals surface area contributed by atoms with E-state index in [0.29, 0.717) is 12.1 Å². The lowest BCUT2D eigenvalue weighted by Gasteiger charge is -2.15. The molecule has 3 nitrogen and oxygen atoms in total. The maximum Gasteiger partial charge on any atom is 0.416 e. The molecule has 0 aliphatic heterocycles. The average Bonchev–Trinajstić information content (AvgIpc) is 2.29. The number of aliphatic hydroxyl groups excluding tert-OH is 1. The Labute approximate surface area is 109 Å². The third-order valence-corrected chi connectivity index (χ3v) is 2.38. The van der Waals surface area contributed by atoms with Crippen LogP contribution in [0.3, 0.4) is 0 Å². The molecule has 1 unspecified atom stereocenters. The molecule has 1 amide bonds. The van der Waals surface area contributed by atoms with Gasteiger partial charge in [0.1, 0.15) is 11.6 Å². The van der Waals surface area contributed by atoms with E-state index in [-0.39, 0.29) is 0 Å². The van der Waals surface area contributed by atoms with Crippen LogP contribution in [0.25, 0.3) is 0 Å². The number of amides is 1. The zero-order valence-electron chi connectivity index (χ0n) is 9.06. The van der Waals surface area contributed by atoms with Crippen LogP contribution in [-0.2, 0) is 0 Å². The van der Waals surface area contributed by atoms with Crippen LogP contribution in [0.1, 0.15) is 10.4 Å². The van der Waals surface area contributed by atoms with Crippen molar-refractivity contribution < 1.29 is 31.9 Å². The highest BCUT2D eigenvalue weighted by atomic mass is 35.5. The summed E-state index contributed by atoms with van der Waals surface area (Å²) in [6.07, 6.45) is -7.71. The fourth-order valence-corrected chi connectivity index (χ4v) is 1.25. The fourth-order valence-electron chi connectivity index (χ4n) is 1.10. The number of alkyl halides is 3. The molecular weight excluding hydrogens is 297 g/mol. The monoisotopic (exact) mass is 303 g/mol. The van der Waals surface area contributed by atoms with Crippen LogP contribution in [0.2, 0.25) is 5.02 Å². The van der Waals surface area contributed by atoms with Crippen LogP contribution in [0.5, 0.6) is 0 Å². The van der Waals surface area contributed by atoms with Gasteiger partial charge >= 0.3 is 6.18 Å². The maximum atomic E-state index is 13.2. The van der Waals surface area contributed by atoms with E-state index in [1.807, 2.05) is 0 Å². The number of carbonyl (C=O) groups excluding carboxylic acids is 1. The minimum atomic E-state index is -4.92. The van der Waals surface area contributed by atoms with Crippen molar-refractivity contribution >= 4 is 17.5 Å². The van der Waals surface area contributed by atoms with E-state index in [9.17, 15) is 26.7 Å². The summed E-state index contributed by atoms with van der Waals surface area (Å²) in [6.45, 7) is -1.17. The molecule has 1 aromatic rings. The summed E-state index contributed by atoms with van der Waals surface area (Å²) in [5.74, 6) is -3.58. The highest BCUT2D eigenvalue weighted by Gasteiger charge is 2.38. The van der Waals surface area contributed by atoms with Gasteiger partial charge in [0.15, 0.2) is 6.10 Å². The number of benzene rings is 1. The van der Waals surface area contributed by atoms with E-state index >= 15 is 0 Å². The minimum Gasteiger partial charge on any atom is -0.382 e. The zero-order valence-corrected chi connectivity index (χ0v) is 9.82. The Morgan fingerprint density at radius 3 is 2.42 bits per heavy atom. The van der Waals surface area contributed by atoms with Gasteiger partial charge in [0.2, 0.25) is 0 Å². The summed E-state index contributed by atoms with van der Waals surface area (Å²) in [5.41, 5.74) is -0.809. The molecule has 9 heteroatoms. The summed E-state index contributed by atoms with van der Waals surface area (Å²) in [5, 5.41) is 9.69. The molecule has 0 fully saturated rings. The molecular formula is C10H7ClF5NO2. The van der Waals surface area contributed by atoms with Gasteiger partial charge in [0.05, 0.1) is 17.1 Å². The summed E-state index contributed by atoms with van der Waals surface area (Å²) in [4.78, 5) is 11.3. The lowest BCUT2D eigenvalue weighted by molar-refractivity contribution is -0.201. The standard InChI is InChI=1S/C10H7ClF5NO2/c11-5-2-6(12)4(1-7(5)13)9(19)17-3-8(18)10(14,15)16/h1-2,8,18H,3H2,(H,17,19). The quantitative estimate of drug-likeness (QED) is 0.665. The van der Waals surface area contributed by atoms with Gasteiger partial charge in [-0.1, -0.05) is 11.6 Å². The van der Waals surface area contributed by atoms with E-state index < -0.39 is 47.0 Å². The molecule has 1 aromatic carbocycles. The summed E-state index contributed by atoms with van der Waals surface area (Å²) in [7, 11) is 0. The van der Waals surface area contributed by atoms with Gasteiger partial charge in [-0.05, 0) is 12.1 Å². The summed E-state index contributed by atoms with van der Waals surface area (Å²) < 4.78 is 62.1. The van der Waals surface area contributed by atoms with Gasteiger partial charge in [0, 0.05) is 0 Å². The van der Waals surface area contributed by atoms with Crippen molar-refractivity contribution in [1.82, 2.24) is 5.32 Å². The molecule has 0 saturated heterocycles. The number of aliphatic hydroxyl groups is 1. The molecule has 0 aliphatic rings. The summed E-state index contributed by atoms with van der Waals surface area (Å²) >= 11 is 5.24. The van der Waals surface area contributed by atoms with E-state index in [0.717, 1.165) is 0 Å². The first-order chi connectivity index (χ1) is 8.62. The molecule has 2 N–H and O–H groups in total. The summed E-state index contributed by atoms with van der Waals surface area (Å²) in [6, 6.07) is 0.971.